The maximum atomic E-state index is 12.4. The van der Waals surface area contributed by atoms with Crippen molar-refractivity contribution in [3.63, 3.8) is 0 Å². The lowest BCUT2D eigenvalue weighted by molar-refractivity contribution is -0.178. The molecule has 0 saturated carbocycles. The van der Waals surface area contributed by atoms with Gasteiger partial charge in [0, 0.05) is 5.57 Å². The number of hydrogen-bond donors (Lipinski definition) is 0. The van der Waals surface area contributed by atoms with Gasteiger partial charge in [-0.05, 0) is 107 Å². The first-order valence-corrected chi connectivity index (χ1v) is 17.5. The van der Waals surface area contributed by atoms with E-state index in [-0.39, 0.29) is 28.2 Å². The zero-order chi connectivity index (χ0) is 38.7. The average Bonchev–Trinajstić information content (AvgIpc) is 2.73. The summed E-state index contributed by atoms with van der Waals surface area (Å²) in [4.78, 5) is 24.1. The molecule has 0 aromatic carbocycles. The monoisotopic (exact) mass is 653 g/mol. The molecule has 0 rings (SSSR count). The van der Waals surface area contributed by atoms with Crippen molar-refractivity contribution in [3.8, 4) is 0 Å². The number of esters is 2. The molecule has 0 aliphatic heterocycles. The third-order valence-corrected chi connectivity index (χ3v) is 12.1. The molecule has 0 atom stereocenters. The lowest BCUT2D eigenvalue weighted by Crippen LogP contribution is -2.49. The summed E-state index contributed by atoms with van der Waals surface area (Å²) in [6, 6.07) is 0. The van der Waals surface area contributed by atoms with Crippen LogP contribution < -0.4 is 0 Å². The minimum atomic E-state index is -0.515. The van der Waals surface area contributed by atoms with Gasteiger partial charge in [-0.3, -0.25) is 4.79 Å². The van der Waals surface area contributed by atoms with Gasteiger partial charge < -0.3 is 9.47 Å². The second-order valence-corrected chi connectivity index (χ2v) is 21.8. The molecular weight excluding hydrogens is 568 g/mol. The Bertz CT molecular complexity index is 996. The number of rotatable bonds is 4. The Morgan fingerprint density at radius 3 is 0.848 bits per heavy atom. The van der Waals surface area contributed by atoms with Crippen LogP contribution in [0.4, 0.5) is 0 Å². The van der Waals surface area contributed by atoms with Crippen LogP contribution in [0, 0.1) is 43.3 Å². The Labute approximate surface area is 290 Å². The van der Waals surface area contributed by atoms with Crippen molar-refractivity contribution in [2.75, 3.05) is 0 Å². The molecule has 276 valence electrons. The summed E-state index contributed by atoms with van der Waals surface area (Å²) in [7, 11) is 0. The van der Waals surface area contributed by atoms with Gasteiger partial charge in [0.15, 0.2) is 0 Å². The van der Waals surface area contributed by atoms with E-state index in [1.165, 1.54) is 0 Å². The Morgan fingerprint density at radius 2 is 0.652 bits per heavy atom. The highest BCUT2D eigenvalue weighted by atomic mass is 16.6. The first-order chi connectivity index (χ1) is 19.3. The zero-order valence-electron chi connectivity index (χ0n) is 36.6. The quantitative estimate of drug-likeness (QED) is 0.224. The summed E-state index contributed by atoms with van der Waals surface area (Å²) in [5, 5.41) is 0. The van der Waals surface area contributed by atoms with Crippen LogP contribution in [0.1, 0.15) is 194 Å². The van der Waals surface area contributed by atoms with E-state index >= 15 is 0 Å². The lowest BCUT2D eigenvalue weighted by Gasteiger charge is -2.57. The number of hydrogen-bond acceptors (Lipinski definition) is 4. The van der Waals surface area contributed by atoms with Crippen molar-refractivity contribution in [3.05, 3.63) is 11.1 Å². The molecule has 0 aromatic heterocycles. The molecule has 0 aromatic rings. The fraction of sp³-hybridized carbons (Fsp3) is 0.905. The molecule has 0 saturated heterocycles. The van der Waals surface area contributed by atoms with Crippen molar-refractivity contribution < 1.29 is 19.1 Å². The van der Waals surface area contributed by atoms with E-state index in [9.17, 15) is 9.59 Å². The largest absolute Gasteiger partial charge is 0.460 e. The molecule has 0 N–H and O–H groups in total. The summed E-state index contributed by atoms with van der Waals surface area (Å²) < 4.78 is 10.9. The molecule has 0 amide bonds. The van der Waals surface area contributed by atoms with Crippen LogP contribution in [0.3, 0.4) is 0 Å². The van der Waals surface area contributed by atoms with Crippen LogP contribution >= 0.6 is 0 Å². The fourth-order valence-corrected chi connectivity index (χ4v) is 4.54. The van der Waals surface area contributed by atoms with Crippen LogP contribution in [-0.2, 0) is 19.1 Å². The van der Waals surface area contributed by atoms with Gasteiger partial charge in [-0.2, -0.15) is 0 Å². The van der Waals surface area contributed by atoms with Crippen molar-refractivity contribution in [1.29, 1.82) is 0 Å². The predicted octanol–water partition coefficient (Wildman–Crippen LogP) is 13.3. The number of ether oxygens (including phenoxy) is 2. The van der Waals surface area contributed by atoms with E-state index in [1.54, 1.807) is 0 Å². The van der Waals surface area contributed by atoms with Crippen molar-refractivity contribution in [2.45, 2.75) is 205 Å². The Hall–Kier alpha value is -1.32. The van der Waals surface area contributed by atoms with Crippen LogP contribution in [0.5, 0.6) is 0 Å². The van der Waals surface area contributed by atoms with Crippen LogP contribution in [0.25, 0.3) is 0 Å². The molecule has 0 radical (unpaired) electrons. The standard InChI is InChI=1S/C15H30O2.C14H30.C13H24O2/c1-12(2,3)15(9,10)14(7,8)11(16)17-13(4,5)6;1-11(2,3)13(7,8)14(9,10)12(4,5)6;1-9(10(2)12(3,4)5)11(14)15-13(6,7)8/h1-10H3;1-10H3;1-8H3/b;;10-9+. The molecule has 0 aliphatic rings. The Kier molecular flexibility index (Phi) is 16.1. The molecule has 0 heterocycles. The van der Waals surface area contributed by atoms with E-state index in [1.807, 2.05) is 69.2 Å². The van der Waals surface area contributed by atoms with Gasteiger partial charge in [0.25, 0.3) is 0 Å². The Morgan fingerprint density at radius 1 is 0.391 bits per heavy atom. The van der Waals surface area contributed by atoms with Crippen molar-refractivity contribution in [1.82, 2.24) is 0 Å². The van der Waals surface area contributed by atoms with Crippen LogP contribution in [0.2, 0.25) is 0 Å². The molecule has 0 aliphatic carbocycles. The highest BCUT2D eigenvalue weighted by Crippen LogP contribution is 2.58. The van der Waals surface area contributed by atoms with Gasteiger partial charge in [0.05, 0.1) is 5.41 Å². The molecule has 0 bridgehead atoms. The summed E-state index contributed by atoms with van der Waals surface area (Å²) >= 11 is 0. The minimum Gasteiger partial charge on any atom is -0.460 e. The topological polar surface area (TPSA) is 52.6 Å². The van der Waals surface area contributed by atoms with Crippen molar-refractivity contribution in [2.24, 2.45) is 43.3 Å². The smallest absolute Gasteiger partial charge is 0.334 e. The average molecular weight is 653 g/mol. The zero-order valence-corrected chi connectivity index (χ0v) is 36.6. The van der Waals surface area contributed by atoms with E-state index in [0.29, 0.717) is 21.7 Å². The third-order valence-electron chi connectivity index (χ3n) is 12.1. The fourth-order valence-electron chi connectivity index (χ4n) is 4.54. The first-order valence-electron chi connectivity index (χ1n) is 17.5. The Balaban J connectivity index is -0.000000606. The van der Waals surface area contributed by atoms with Crippen molar-refractivity contribution >= 4 is 11.9 Å². The van der Waals surface area contributed by atoms with Crippen LogP contribution in [-0.4, -0.2) is 23.1 Å². The summed E-state index contributed by atoms with van der Waals surface area (Å²) in [6.07, 6.45) is 0. The van der Waals surface area contributed by atoms with Gasteiger partial charge in [-0.25, -0.2) is 4.79 Å². The molecular formula is C42H84O4. The van der Waals surface area contributed by atoms with E-state index in [2.05, 4.69) is 125 Å². The van der Waals surface area contributed by atoms with Gasteiger partial charge >= 0.3 is 11.9 Å². The van der Waals surface area contributed by atoms with Crippen LogP contribution in [0.15, 0.2) is 11.1 Å². The van der Waals surface area contributed by atoms with E-state index in [0.717, 1.165) is 11.1 Å². The highest BCUT2D eigenvalue weighted by molar-refractivity contribution is 5.89. The first kappa shape index (κ1) is 49.1. The minimum absolute atomic E-state index is 0.0149. The van der Waals surface area contributed by atoms with E-state index < -0.39 is 16.6 Å². The SMILES string of the molecule is C/C(C(=O)OC(C)(C)C)=C(/C)C(C)(C)C.CC(C)(C)C(C)(C)C(C)(C)C(C)(C)C.CC(C)(C)OC(=O)C(C)(C)C(C)(C)C(C)(C)C. The second kappa shape index (κ2) is 15.1. The second-order valence-electron chi connectivity index (χ2n) is 21.8. The number of carbonyl (C=O) groups is 2. The van der Waals surface area contributed by atoms with Gasteiger partial charge in [-0.15, -0.1) is 0 Å². The predicted molar refractivity (Wildman–Crippen MR) is 203 cm³/mol. The number of carbonyl (C=O) groups excluding carboxylic acids is 2. The molecule has 0 spiro atoms. The van der Waals surface area contributed by atoms with Gasteiger partial charge in [0.2, 0.25) is 0 Å². The molecule has 0 unspecified atom stereocenters. The van der Waals surface area contributed by atoms with E-state index in [4.69, 9.17) is 9.47 Å². The van der Waals surface area contributed by atoms with Gasteiger partial charge in [-0.1, -0.05) is 130 Å². The molecule has 4 heteroatoms. The summed E-state index contributed by atoms with van der Waals surface area (Å²) in [5.41, 5.74) is 1.65. The normalized spacial score (nSPS) is 15.0. The third kappa shape index (κ3) is 13.7. The molecule has 0 fully saturated rings. The number of allylic oxidation sites excluding steroid dienone is 1. The maximum Gasteiger partial charge on any atom is 0.334 e. The summed E-state index contributed by atoms with van der Waals surface area (Å²) in [5.74, 6) is -0.333. The maximum absolute atomic E-state index is 12.4. The highest BCUT2D eigenvalue weighted by Gasteiger charge is 2.52. The lowest BCUT2D eigenvalue weighted by atomic mass is 9.48. The molecule has 4 nitrogen and oxygen atoms in total. The summed E-state index contributed by atoms with van der Waals surface area (Å²) in [6.45, 7) is 59.9. The molecule has 46 heavy (non-hydrogen) atoms. The van der Waals surface area contributed by atoms with Gasteiger partial charge in [0.1, 0.15) is 11.2 Å².